The highest BCUT2D eigenvalue weighted by Gasteiger charge is 2.29. The molecule has 0 spiro atoms. The minimum Gasteiger partial charge on any atom is -0.490 e. The normalized spacial score (nSPS) is 11.7. The van der Waals surface area contributed by atoms with Gasteiger partial charge in [0.2, 0.25) is 0 Å². The summed E-state index contributed by atoms with van der Waals surface area (Å²) in [5, 5.41) is 0. The molecule has 0 aliphatic rings. The van der Waals surface area contributed by atoms with Gasteiger partial charge in [-0.3, -0.25) is 0 Å². The summed E-state index contributed by atoms with van der Waals surface area (Å²) in [4.78, 5) is 1.98. The van der Waals surface area contributed by atoms with E-state index in [1.165, 1.54) is 12.1 Å². The maximum Gasteiger partial charge on any atom is 0.416 e. The van der Waals surface area contributed by atoms with Crippen molar-refractivity contribution in [1.82, 2.24) is 4.90 Å². The molecule has 0 heterocycles. The number of nitrogens with two attached hydrogens (primary N) is 1. The Bertz CT molecular complexity index is 652. The summed E-state index contributed by atoms with van der Waals surface area (Å²) >= 11 is 0. The van der Waals surface area contributed by atoms with Gasteiger partial charge in [-0.1, -0.05) is 18.2 Å². The Morgan fingerprint density at radius 2 is 1.61 bits per heavy atom. The van der Waals surface area contributed by atoms with Crippen LogP contribution in [0.4, 0.5) is 18.9 Å². The van der Waals surface area contributed by atoms with Crippen LogP contribution in [0.1, 0.15) is 5.56 Å². The van der Waals surface area contributed by atoms with Gasteiger partial charge in [0.1, 0.15) is 12.4 Å². The number of halogens is 3. The highest BCUT2D eigenvalue weighted by Crippen LogP contribution is 2.33. The van der Waals surface area contributed by atoms with Crippen molar-refractivity contribution in [2.75, 3.05) is 33.0 Å². The van der Waals surface area contributed by atoms with Crippen LogP contribution in [-0.4, -0.2) is 32.1 Å². The van der Waals surface area contributed by atoms with Crippen LogP contribution in [0.25, 0.3) is 11.1 Å². The fourth-order valence-electron chi connectivity index (χ4n) is 2.03. The van der Waals surface area contributed by atoms with Crippen LogP contribution in [0.3, 0.4) is 0 Å². The van der Waals surface area contributed by atoms with Gasteiger partial charge in [0.25, 0.3) is 0 Å². The van der Waals surface area contributed by atoms with Gasteiger partial charge >= 0.3 is 6.18 Å². The number of ether oxygens (including phenoxy) is 1. The number of rotatable bonds is 5. The molecule has 0 aromatic heterocycles. The van der Waals surface area contributed by atoms with E-state index in [0.29, 0.717) is 23.6 Å². The van der Waals surface area contributed by atoms with Crippen molar-refractivity contribution >= 4 is 5.69 Å². The predicted molar refractivity (Wildman–Crippen MR) is 85.3 cm³/mol. The van der Waals surface area contributed by atoms with Crippen LogP contribution in [0.5, 0.6) is 5.75 Å². The molecule has 0 saturated heterocycles. The van der Waals surface area contributed by atoms with Crippen molar-refractivity contribution in [3.63, 3.8) is 0 Å². The molecular weight excluding hydrogens is 305 g/mol. The van der Waals surface area contributed by atoms with Gasteiger partial charge in [-0.25, -0.2) is 0 Å². The first-order valence-electron chi connectivity index (χ1n) is 7.12. The lowest BCUT2D eigenvalue weighted by atomic mass is 10.0. The molecule has 0 aliphatic heterocycles. The van der Waals surface area contributed by atoms with Gasteiger partial charge in [0.05, 0.1) is 11.3 Å². The van der Waals surface area contributed by atoms with Gasteiger partial charge in [-0.05, 0) is 49.5 Å². The maximum absolute atomic E-state index is 12.6. The molecule has 0 fully saturated rings. The quantitative estimate of drug-likeness (QED) is 0.848. The highest BCUT2D eigenvalue weighted by molar-refractivity contribution is 5.70. The van der Waals surface area contributed by atoms with Gasteiger partial charge in [-0.15, -0.1) is 0 Å². The standard InChI is InChI=1S/C17H19F3N2O/c1-22(2)9-10-23-16-11-13(5-8-15(16)21)12-3-6-14(7-4-12)17(18,19)20/h3-8,11H,9-10,21H2,1-2H3. The third-order valence-corrected chi connectivity index (χ3v) is 3.36. The minimum absolute atomic E-state index is 0.480. The molecule has 2 aromatic carbocycles. The SMILES string of the molecule is CN(C)CCOc1cc(-c2ccc(C(F)(F)F)cc2)ccc1N. The van der Waals surface area contributed by atoms with Gasteiger partial charge in [0, 0.05) is 6.54 Å². The molecule has 3 nitrogen and oxygen atoms in total. The number of benzene rings is 2. The zero-order valence-electron chi connectivity index (χ0n) is 13.0. The Balaban J connectivity index is 2.19. The van der Waals surface area contributed by atoms with Crippen LogP contribution >= 0.6 is 0 Å². The molecule has 0 unspecified atom stereocenters. The molecule has 0 amide bonds. The molecule has 23 heavy (non-hydrogen) atoms. The number of nitrogen functional groups attached to an aromatic ring is 1. The molecule has 6 heteroatoms. The topological polar surface area (TPSA) is 38.5 Å². The summed E-state index contributed by atoms with van der Waals surface area (Å²) in [6.07, 6.45) is -4.33. The molecule has 2 N–H and O–H groups in total. The molecule has 2 aromatic rings. The van der Waals surface area contributed by atoms with Crippen LogP contribution in [0.2, 0.25) is 0 Å². The van der Waals surface area contributed by atoms with E-state index in [0.717, 1.165) is 24.2 Å². The largest absolute Gasteiger partial charge is 0.490 e. The van der Waals surface area contributed by atoms with E-state index < -0.39 is 11.7 Å². The lowest BCUT2D eigenvalue weighted by Gasteiger charge is -2.14. The lowest BCUT2D eigenvalue weighted by Crippen LogP contribution is -2.19. The summed E-state index contributed by atoms with van der Waals surface area (Å²) in [6, 6.07) is 10.2. The van der Waals surface area contributed by atoms with Crippen molar-refractivity contribution < 1.29 is 17.9 Å². The Morgan fingerprint density at radius 3 is 2.17 bits per heavy atom. The number of nitrogens with zero attached hydrogens (tertiary/aromatic N) is 1. The van der Waals surface area contributed by atoms with Crippen molar-refractivity contribution in [1.29, 1.82) is 0 Å². The second kappa shape index (κ2) is 6.91. The first-order chi connectivity index (χ1) is 10.8. The zero-order chi connectivity index (χ0) is 17.0. The number of alkyl halides is 3. The van der Waals surface area contributed by atoms with Gasteiger partial charge in [0.15, 0.2) is 0 Å². The van der Waals surface area contributed by atoms with Crippen LogP contribution < -0.4 is 10.5 Å². The van der Waals surface area contributed by atoms with E-state index in [1.807, 2.05) is 19.0 Å². The predicted octanol–water partition coefficient (Wildman–Crippen LogP) is 3.90. The molecule has 0 radical (unpaired) electrons. The Kier molecular flexibility index (Phi) is 5.15. The summed E-state index contributed by atoms with van der Waals surface area (Å²) in [6.45, 7) is 1.22. The second-order valence-corrected chi connectivity index (χ2v) is 5.48. The number of hydrogen-bond acceptors (Lipinski definition) is 3. The first-order valence-corrected chi connectivity index (χ1v) is 7.12. The molecule has 0 atom stereocenters. The van der Waals surface area contributed by atoms with E-state index in [-0.39, 0.29) is 0 Å². The first kappa shape index (κ1) is 17.1. The minimum atomic E-state index is -4.33. The van der Waals surface area contributed by atoms with Gasteiger partial charge < -0.3 is 15.4 Å². The fourth-order valence-corrected chi connectivity index (χ4v) is 2.03. The third kappa shape index (κ3) is 4.63. The summed E-state index contributed by atoms with van der Waals surface area (Å²) in [5.41, 5.74) is 7.14. The lowest BCUT2D eigenvalue weighted by molar-refractivity contribution is -0.137. The van der Waals surface area contributed by atoms with Crippen LogP contribution in [0.15, 0.2) is 42.5 Å². The van der Waals surface area contributed by atoms with Gasteiger partial charge in [-0.2, -0.15) is 13.2 Å². The van der Waals surface area contributed by atoms with E-state index in [4.69, 9.17) is 10.5 Å². The molecule has 0 bridgehead atoms. The number of likely N-dealkylation sites (N-methyl/N-ethyl adjacent to an activating group) is 1. The van der Waals surface area contributed by atoms with Crippen molar-refractivity contribution in [2.45, 2.75) is 6.18 Å². The van der Waals surface area contributed by atoms with E-state index >= 15 is 0 Å². The summed E-state index contributed by atoms with van der Waals surface area (Å²) < 4.78 is 43.5. The molecule has 0 saturated carbocycles. The van der Waals surface area contributed by atoms with Crippen LogP contribution in [-0.2, 0) is 6.18 Å². The van der Waals surface area contributed by atoms with E-state index in [9.17, 15) is 13.2 Å². The van der Waals surface area contributed by atoms with E-state index in [2.05, 4.69) is 0 Å². The van der Waals surface area contributed by atoms with E-state index in [1.54, 1.807) is 18.2 Å². The average Bonchev–Trinajstić information content (AvgIpc) is 2.48. The molecular formula is C17H19F3N2O. The highest BCUT2D eigenvalue weighted by atomic mass is 19.4. The smallest absolute Gasteiger partial charge is 0.416 e. The van der Waals surface area contributed by atoms with Crippen LogP contribution in [0, 0.1) is 0 Å². The Hall–Kier alpha value is -2.21. The molecule has 2 rings (SSSR count). The number of anilines is 1. The third-order valence-electron chi connectivity index (χ3n) is 3.36. The second-order valence-electron chi connectivity index (χ2n) is 5.48. The monoisotopic (exact) mass is 324 g/mol. The zero-order valence-corrected chi connectivity index (χ0v) is 13.0. The molecule has 0 aliphatic carbocycles. The van der Waals surface area contributed by atoms with Crippen molar-refractivity contribution in [3.05, 3.63) is 48.0 Å². The Morgan fingerprint density at radius 1 is 1.00 bits per heavy atom. The average molecular weight is 324 g/mol. The fraction of sp³-hybridized carbons (Fsp3) is 0.294. The molecule has 124 valence electrons. The summed E-state index contributed by atoms with van der Waals surface area (Å²) in [7, 11) is 3.87. The summed E-state index contributed by atoms with van der Waals surface area (Å²) in [5.74, 6) is 0.532. The number of hydrogen-bond donors (Lipinski definition) is 1. The van der Waals surface area contributed by atoms with Crippen molar-refractivity contribution in [2.24, 2.45) is 0 Å². The maximum atomic E-state index is 12.6. The Labute approximate surface area is 133 Å². The van der Waals surface area contributed by atoms with Crippen molar-refractivity contribution in [3.8, 4) is 16.9 Å².